The smallest absolute Gasteiger partial charge is 0.308 e. The van der Waals surface area contributed by atoms with E-state index in [4.69, 9.17) is 9.47 Å². The Morgan fingerprint density at radius 1 is 0.529 bits per heavy atom. The van der Waals surface area contributed by atoms with Crippen LogP contribution in [0.4, 0.5) is 0 Å². The van der Waals surface area contributed by atoms with E-state index in [0.29, 0.717) is 13.1 Å². The predicted molar refractivity (Wildman–Crippen MR) is 214 cm³/mol. The van der Waals surface area contributed by atoms with E-state index in [9.17, 15) is 14.4 Å². The van der Waals surface area contributed by atoms with Gasteiger partial charge in [0.25, 0.3) is 0 Å². The van der Waals surface area contributed by atoms with Gasteiger partial charge < -0.3 is 19.3 Å². The molecule has 0 bridgehead atoms. The first-order chi connectivity index (χ1) is 24.9. The third-order valence-electron chi connectivity index (χ3n) is 11.0. The van der Waals surface area contributed by atoms with Crippen LogP contribution in [0.3, 0.4) is 0 Å². The summed E-state index contributed by atoms with van der Waals surface area (Å²) in [6.45, 7) is 14.8. The Labute approximate surface area is 316 Å². The lowest BCUT2D eigenvalue weighted by Gasteiger charge is -2.28. The molecule has 1 rings (SSSR count). The Morgan fingerprint density at radius 2 is 0.863 bits per heavy atom. The lowest BCUT2D eigenvalue weighted by Crippen LogP contribution is -2.43. The molecule has 1 aliphatic rings. The molecule has 7 nitrogen and oxygen atoms in total. The van der Waals surface area contributed by atoms with Gasteiger partial charge in [-0.15, -0.1) is 0 Å². The summed E-state index contributed by atoms with van der Waals surface area (Å²) in [5.74, 6) is -0.441. The molecule has 0 N–H and O–H groups in total. The maximum absolute atomic E-state index is 13.8. The van der Waals surface area contributed by atoms with E-state index >= 15 is 0 Å². The zero-order valence-corrected chi connectivity index (χ0v) is 34.5. The minimum absolute atomic E-state index is 0.0559. The number of ether oxygens (including phenoxy) is 2. The lowest BCUT2D eigenvalue weighted by molar-refractivity contribution is -0.153. The van der Waals surface area contributed by atoms with Crippen molar-refractivity contribution in [1.82, 2.24) is 9.80 Å². The molecule has 0 radical (unpaired) electrons. The molecule has 1 fully saturated rings. The molecule has 1 heterocycles. The fourth-order valence-electron chi connectivity index (χ4n) is 7.56. The van der Waals surface area contributed by atoms with Crippen molar-refractivity contribution in [2.24, 2.45) is 17.8 Å². The normalized spacial score (nSPS) is 15.1. The van der Waals surface area contributed by atoms with Gasteiger partial charge in [0.15, 0.2) is 0 Å². The fourth-order valence-corrected chi connectivity index (χ4v) is 7.56. The van der Waals surface area contributed by atoms with Gasteiger partial charge in [0, 0.05) is 12.5 Å². The van der Waals surface area contributed by atoms with E-state index in [2.05, 4.69) is 32.6 Å². The van der Waals surface area contributed by atoms with Crippen molar-refractivity contribution in [2.75, 3.05) is 45.9 Å². The zero-order valence-electron chi connectivity index (χ0n) is 34.5. The van der Waals surface area contributed by atoms with Crippen molar-refractivity contribution >= 4 is 17.8 Å². The zero-order chi connectivity index (χ0) is 37.4. The van der Waals surface area contributed by atoms with Gasteiger partial charge in [-0.3, -0.25) is 14.4 Å². The molecule has 0 spiro atoms. The molecular formula is C44H84N2O5. The number of rotatable bonds is 35. The van der Waals surface area contributed by atoms with Gasteiger partial charge in [-0.1, -0.05) is 163 Å². The highest BCUT2D eigenvalue weighted by Gasteiger charge is 2.26. The number of esters is 2. The van der Waals surface area contributed by atoms with Crippen LogP contribution >= 0.6 is 0 Å². The maximum atomic E-state index is 13.8. The summed E-state index contributed by atoms with van der Waals surface area (Å²) in [5.41, 5.74) is 0. The van der Waals surface area contributed by atoms with Crippen LogP contribution in [0.1, 0.15) is 202 Å². The van der Waals surface area contributed by atoms with E-state index in [1.54, 1.807) is 4.90 Å². The Hall–Kier alpha value is -1.63. The molecule has 0 saturated carbocycles. The highest BCUT2D eigenvalue weighted by molar-refractivity contribution is 5.79. The highest BCUT2D eigenvalue weighted by atomic mass is 16.5. The van der Waals surface area contributed by atoms with Crippen LogP contribution in [0.5, 0.6) is 0 Å². The topological polar surface area (TPSA) is 76.1 Å². The van der Waals surface area contributed by atoms with Gasteiger partial charge in [-0.05, 0) is 51.6 Å². The third-order valence-corrected chi connectivity index (χ3v) is 11.0. The van der Waals surface area contributed by atoms with Gasteiger partial charge in [0.2, 0.25) is 5.91 Å². The van der Waals surface area contributed by atoms with E-state index in [0.717, 1.165) is 83.8 Å². The molecule has 0 aromatic rings. The number of carbonyl (C=O) groups excluding carboxylic acids is 3. The molecule has 1 aliphatic heterocycles. The summed E-state index contributed by atoms with van der Waals surface area (Å²) in [4.78, 5) is 44.6. The Balaban J connectivity index is 2.79. The second-order valence-electron chi connectivity index (χ2n) is 15.8. The van der Waals surface area contributed by atoms with E-state index in [-0.39, 0.29) is 48.8 Å². The number of hydrogen-bond donors (Lipinski definition) is 0. The molecular weight excluding hydrogens is 636 g/mol. The van der Waals surface area contributed by atoms with Crippen molar-refractivity contribution in [3.63, 3.8) is 0 Å². The van der Waals surface area contributed by atoms with Crippen molar-refractivity contribution in [3.05, 3.63) is 0 Å². The van der Waals surface area contributed by atoms with E-state index in [1.165, 1.54) is 103 Å². The molecule has 7 heteroatoms. The first-order valence-corrected chi connectivity index (χ1v) is 22.2. The fraction of sp³-hybridized carbons (Fsp3) is 0.932. The summed E-state index contributed by atoms with van der Waals surface area (Å²) in [5, 5.41) is 0. The summed E-state index contributed by atoms with van der Waals surface area (Å²) in [6, 6.07) is 0. The Morgan fingerprint density at radius 3 is 1.24 bits per heavy atom. The summed E-state index contributed by atoms with van der Waals surface area (Å²) in [7, 11) is 0. The van der Waals surface area contributed by atoms with Crippen LogP contribution in [-0.2, 0) is 23.9 Å². The lowest BCUT2D eigenvalue weighted by atomic mass is 9.94. The van der Waals surface area contributed by atoms with Gasteiger partial charge in [-0.2, -0.15) is 0 Å². The standard InChI is InChI=1S/C44H84N2O5/c1-6-10-14-18-20-24-30-40(28-22-16-12-8-3)43(48)50-36-34-46(42(47)39(5)38-45-32-26-27-33-45)35-37-51-44(49)41(29-23-17-13-9-4)31-25-21-19-15-11-7-2/h39-41H,6-38H2,1-5H3. The third kappa shape index (κ3) is 24.3. The van der Waals surface area contributed by atoms with Crippen molar-refractivity contribution in [3.8, 4) is 0 Å². The molecule has 300 valence electrons. The minimum Gasteiger partial charge on any atom is -0.464 e. The second-order valence-corrected chi connectivity index (χ2v) is 15.8. The van der Waals surface area contributed by atoms with Crippen LogP contribution in [0.15, 0.2) is 0 Å². The van der Waals surface area contributed by atoms with Crippen molar-refractivity contribution in [2.45, 2.75) is 202 Å². The Kier molecular flexibility index (Phi) is 30.6. The van der Waals surface area contributed by atoms with Gasteiger partial charge >= 0.3 is 11.9 Å². The number of nitrogens with zero attached hydrogens (tertiary/aromatic N) is 2. The summed E-state index contributed by atoms with van der Waals surface area (Å²) < 4.78 is 11.8. The molecule has 0 aromatic heterocycles. The molecule has 0 aliphatic carbocycles. The molecule has 0 aromatic carbocycles. The highest BCUT2D eigenvalue weighted by Crippen LogP contribution is 2.22. The SMILES string of the molecule is CCCCCCCCC(CCCCCC)C(=O)OCCN(CCOC(=O)C(CCCCCC)CCCCCCCC)C(=O)C(C)CN1CCCC1. The Bertz CT molecular complexity index is 795. The van der Waals surface area contributed by atoms with Crippen LogP contribution in [0, 0.1) is 17.8 Å². The molecule has 3 atom stereocenters. The monoisotopic (exact) mass is 721 g/mol. The second kappa shape index (κ2) is 33.0. The number of hydrogen-bond acceptors (Lipinski definition) is 6. The molecule has 1 amide bonds. The number of unbranched alkanes of at least 4 members (excludes halogenated alkanes) is 16. The van der Waals surface area contributed by atoms with Crippen molar-refractivity contribution < 1.29 is 23.9 Å². The van der Waals surface area contributed by atoms with Crippen molar-refractivity contribution in [1.29, 1.82) is 0 Å². The van der Waals surface area contributed by atoms with Crippen LogP contribution in [0.25, 0.3) is 0 Å². The number of likely N-dealkylation sites (tertiary alicyclic amines) is 1. The first-order valence-electron chi connectivity index (χ1n) is 22.2. The van der Waals surface area contributed by atoms with Gasteiger partial charge in [-0.25, -0.2) is 0 Å². The van der Waals surface area contributed by atoms with Gasteiger partial charge in [0.1, 0.15) is 13.2 Å². The molecule has 51 heavy (non-hydrogen) atoms. The largest absolute Gasteiger partial charge is 0.464 e. The van der Waals surface area contributed by atoms with Gasteiger partial charge in [0.05, 0.1) is 24.9 Å². The number of amides is 1. The minimum atomic E-state index is -0.160. The summed E-state index contributed by atoms with van der Waals surface area (Å²) >= 11 is 0. The van der Waals surface area contributed by atoms with Crippen LogP contribution < -0.4 is 0 Å². The average Bonchev–Trinajstić information content (AvgIpc) is 3.64. The first kappa shape index (κ1) is 47.4. The average molecular weight is 721 g/mol. The number of carbonyl (C=O) groups is 3. The van der Waals surface area contributed by atoms with Crippen LogP contribution in [-0.4, -0.2) is 73.6 Å². The molecule has 1 saturated heterocycles. The summed E-state index contributed by atoms with van der Waals surface area (Å²) in [6.07, 6.45) is 29.7. The van der Waals surface area contributed by atoms with E-state index in [1.807, 2.05) is 6.92 Å². The quantitative estimate of drug-likeness (QED) is 0.0479. The molecule has 3 unspecified atom stereocenters. The van der Waals surface area contributed by atoms with Crippen LogP contribution in [0.2, 0.25) is 0 Å². The predicted octanol–water partition coefficient (Wildman–Crippen LogP) is 11.3. The van der Waals surface area contributed by atoms with E-state index < -0.39 is 0 Å². The maximum Gasteiger partial charge on any atom is 0.308 e.